The summed E-state index contributed by atoms with van der Waals surface area (Å²) in [6, 6.07) is 12.4. The molecule has 2 aromatic heterocycles. The summed E-state index contributed by atoms with van der Waals surface area (Å²) in [6.45, 7) is -0.106. The second-order valence-corrected chi connectivity index (χ2v) is 10.0. The molecule has 0 saturated carbocycles. The van der Waals surface area contributed by atoms with Crippen LogP contribution in [0.1, 0.15) is 34.8 Å². The minimum atomic E-state index is -4.91. The molecule has 1 aliphatic rings. The standard InChI is InChI=1S/C28H25F6N9O2/c1-35-24(44)19-4-2-3-5-21(19)38-23-20(27(29,30)31)14-36-26(39-23)37-17-8-6-16(7-9-17)22-15-43(41-40-22)18-10-12-42(13-11-18)25(45)28(32,33)34/h2-9,14-15,18H,10-13H2,1H3,(H,35,44)(H2,36,37,38,39). The number of anilines is 4. The van der Waals surface area contributed by atoms with Gasteiger partial charge in [0.2, 0.25) is 5.95 Å². The van der Waals surface area contributed by atoms with Crippen LogP contribution >= 0.6 is 0 Å². The summed E-state index contributed by atoms with van der Waals surface area (Å²) in [5.74, 6) is -3.05. The van der Waals surface area contributed by atoms with E-state index < -0.39 is 35.5 Å². The van der Waals surface area contributed by atoms with E-state index in [-0.39, 0.29) is 49.2 Å². The van der Waals surface area contributed by atoms with Gasteiger partial charge < -0.3 is 20.9 Å². The lowest BCUT2D eigenvalue weighted by Crippen LogP contribution is -2.45. The van der Waals surface area contributed by atoms with Gasteiger partial charge in [-0.3, -0.25) is 9.59 Å². The first-order valence-corrected chi connectivity index (χ1v) is 13.5. The molecule has 0 bridgehead atoms. The van der Waals surface area contributed by atoms with Gasteiger partial charge in [-0.25, -0.2) is 9.67 Å². The van der Waals surface area contributed by atoms with Crippen LogP contribution in [0.5, 0.6) is 0 Å². The second kappa shape index (κ2) is 12.4. The number of carbonyl (C=O) groups is 2. The monoisotopic (exact) mass is 633 g/mol. The predicted molar refractivity (Wildman–Crippen MR) is 150 cm³/mol. The molecule has 3 N–H and O–H groups in total. The first-order chi connectivity index (χ1) is 21.3. The number of nitrogens with zero attached hydrogens (tertiary/aromatic N) is 6. The topological polar surface area (TPSA) is 130 Å². The van der Waals surface area contributed by atoms with Crippen LogP contribution in [0.3, 0.4) is 0 Å². The molecule has 0 radical (unpaired) electrons. The van der Waals surface area contributed by atoms with E-state index in [1.165, 1.54) is 19.2 Å². The normalized spacial score (nSPS) is 14.2. The van der Waals surface area contributed by atoms with Crippen LogP contribution in [-0.2, 0) is 11.0 Å². The molecule has 11 nitrogen and oxygen atoms in total. The van der Waals surface area contributed by atoms with Crippen molar-refractivity contribution < 1.29 is 35.9 Å². The van der Waals surface area contributed by atoms with Crippen molar-refractivity contribution in [3.05, 3.63) is 72.1 Å². The number of carbonyl (C=O) groups excluding carboxylic acids is 2. The van der Waals surface area contributed by atoms with Gasteiger partial charge in [0.15, 0.2) is 0 Å². The zero-order valence-corrected chi connectivity index (χ0v) is 23.4. The van der Waals surface area contributed by atoms with Gasteiger partial charge in [0, 0.05) is 37.6 Å². The summed E-state index contributed by atoms with van der Waals surface area (Å²) in [4.78, 5) is 32.3. The number of nitrogens with one attached hydrogen (secondary N) is 3. The highest BCUT2D eigenvalue weighted by Gasteiger charge is 2.43. The molecule has 2 aromatic carbocycles. The molecule has 17 heteroatoms. The number of amides is 2. The number of alkyl halides is 6. The third-order valence-electron chi connectivity index (χ3n) is 7.06. The molecule has 236 valence electrons. The molecule has 1 aliphatic heterocycles. The number of benzene rings is 2. The minimum Gasteiger partial charge on any atom is -0.355 e. The molecular weight excluding hydrogens is 608 g/mol. The Bertz CT molecular complexity index is 1680. The Morgan fingerprint density at radius 2 is 1.62 bits per heavy atom. The molecule has 0 aliphatic carbocycles. The van der Waals surface area contributed by atoms with E-state index in [0.717, 1.165) is 4.90 Å². The lowest BCUT2D eigenvalue weighted by atomic mass is 10.1. The summed E-state index contributed by atoms with van der Waals surface area (Å²) in [7, 11) is 1.40. The average molecular weight is 634 g/mol. The molecule has 45 heavy (non-hydrogen) atoms. The molecule has 1 saturated heterocycles. The molecule has 5 rings (SSSR count). The van der Waals surface area contributed by atoms with Gasteiger partial charge in [-0.15, -0.1) is 5.10 Å². The minimum absolute atomic E-state index is 0.0532. The highest BCUT2D eigenvalue weighted by molar-refractivity contribution is 6.00. The number of rotatable bonds is 7. The maximum atomic E-state index is 13.8. The number of para-hydroxylation sites is 1. The number of halogens is 6. The van der Waals surface area contributed by atoms with Crippen LogP contribution < -0.4 is 16.0 Å². The number of likely N-dealkylation sites (tertiary alicyclic amines) is 1. The van der Waals surface area contributed by atoms with Crippen LogP contribution in [0, 0.1) is 0 Å². The molecule has 0 spiro atoms. The van der Waals surface area contributed by atoms with Crippen molar-refractivity contribution in [3.63, 3.8) is 0 Å². The Balaban J connectivity index is 1.28. The summed E-state index contributed by atoms with van der Waals surface area (Å²) in [5, 5.41) is 16.1. The maximum Gasteiger partial charge on any atom is 0.471 e. The van der Waals surface area contributed by atoms with E-state index in [4.69, 9.17) is 0 Å². The second-order valence-electron chi connectivity index (χ2n) is 10.0. The summed E-state index contributed by atoms with van der Waals surface area (Å²) < 4.78 is 81.0. The predicted octanol–water partition coefficient (Wildman–Crippen LogP) is 5.33. The molecule has 4 aromatic rings. The zero-order chi connectivity index (χ0) is 32.4. The van der Waals surface area contributed by atoms with Crippen molar-refractivity contribution in [2.45, 2.75) is 31.2 Å². The van der Waals surface area contributed by atoms with Crippen LogP contribution in [0.4, 0.5) is 49.5 Å². The third-order valence-corrected chi connectivity index (χ3v) is 7.06. The molecule has 1 fully saturated rings. The van der Waals surface area contributed by atoms with Crippen molar-refractivity contribution in [1.82, 2.24) is 35.2 Å². The van der Waals surface area contributed by atoms with Crippen molar-refractivity contribution in [3.8, 4) is 11.3 Å². The van der Waals surface area contributed by atoms with Gasteiger partial charge in [0.05, 0.1) is 23.5 Å². The van der Waals surface area contributed by atoms with Gasteiger partial charge >= 0.3 is 18.3 Å². The van der Waals surface area contributed by atoms with Crippen molar-refractivity contribution in [1.29, 1.82) is 0 Å². The van der Waals surface area contributed by atoms with Crippen LogP contribution in [-0.4, -0.2) is 68.0 Å². The van der Waals surface area contributed by atoms with E-state index in [1.807, 2.05) is 0 Å². The Kier molecular flexibility index (Phi) is 8.61. The van der Waals surface area contributed by atoms with E-state index in [2.05, 4.69) is 36.2 Å². The SMILES string of the molecule is CNC(=O)c1ccccc1Nc1nc(Nc2ccc(-c3cn(C4CCN(C(=O)C(F)(F)F)CC4)nn3)cc2)ncc1C(F)(F)F. The zero-order valence-electron chi connectivity index (χ0n) is 23.4. The lowest BCUT2D eigenvalue weighted by molar-refractivity contribution is -0.186. The van der Waals surface area contributed by atoms with E-state index in [0.29, 0.717) is 23.1 Å². The van der Waals surface area contributed by atoms with Crippen molar-refractivity contribution in [2.24, 2.45) is 0 Å². The summed E-state index contributed by atoms with van der Waals surface area (Å²) >= 11 is 0. The molecule has 0 unspecified atom stereocenters. The van der Waals surface area contributed by atoms with Crippen molar-refractivity contribution in [2.75, 3.05) is 30.8 Å². The number of hydrogen-bond acceptors (Lipinski definition) is 8. The fourth-order valence-corrected chi connectivity index (χ4v) is 4.75. The smallest absolute Gasteiger partial charge is 0.355 e. The van der Waals surface area contributed by atoms with E-state index >= 15 is 0 Å². The van der Waals surface area contributed by atoms with Crippen LogP contribution in [0.15, 0.2) is 60.9 Å². The molecule has 3 heterocycles. The highest BCUT2D eigenvalue weighted by atomic mass is 19.4. The van der Waals surface area contributed by atoms with Crippen LogP contribution in [0.25, 0.3) is 11.3 Å². The quantitative estimate of drug-likeness (QED) is 0.233. The van der Waals surface area contributed by atoms with Gasteiger partial charge in [-0.2, -0.15) is 31.3 Å². The Morgan fingerprint density at radius 3 is 2.27 bits per heavy atom. The van der Waals surface area contributed by atoms with Gasteiger partial charge in [-0.1, -0.05) is 29.5 Å². The van der Waals surface area contributed by atoms with E-state index in [1.54, 1.807) is 47.3 Å². The first-order valence-electron chi connectivity index (χ1n) is 13.5. The Labute approximate surface area is 251 Å². The number of piperidine rings is 1. The van der Waals surface area contributed by atoms with Crippen LogP contribution in [0.2, 0.25) is 0 Å². The molecule has 2 amide bonds. The van der Waals surface area contributed by atoms with Gasteiger partial charge in [-0.05, 0) is 37.1 Å². The third kappa shape index (κ3) is 7.13. The fourth-order valence-electron chi connectivity index (χ4n) is 4.75. The van der Waals surface area contributed by atoms with Gasteiger partial charge in [0.1, 0.15) is 17.1 Å². The first kappa shape index (κ1) is 31.2. The Morgan fingerprint density at radius 1 is 0.933 bits per heavy atom. The molecule has 0 atom stereocenters. The van der Waals surface area contributed by atoms with Gasteiger partial charge in [0.25, 0.3) is 5.91 Å². The number of aromatic nitrogens is 5. The molecular formula is C28H25F6N9O2. The van der Waals surface area contributed by atoms with Crippen molar-refractivity contribution >= 4 is 35.0 Å². The Hall–Kier alpha value is -5.22. The largest absolute Gasteiger partial charge is 0.471 e. The van der Waals surface area contributed by atoms with E-state index in [9.17, 15) is 35.9 Å². The maximum absolute atomic E-state index is 13.8. The highest BCUT2D eigenvalue weighted by Crippen LogP contribution is 2.36. The lowest BCUT2D eigenvalue weighted by Gasteiger charge is -2.32. The summed E-state index contributed by atoms with van der Waals surface area (Å²) in [5.41, 5.74) is 0.695. The summed E-state index contributed by atoms with van der Waals surface area (Å²) in [6.07, 6.45) is -6.83. The fraction of sp³-hybridized carbons (Fsp3) is 0.286. The average Bonchev–Trinajstić information content (AvgIpc) is 3.51. The number of hydrogen-bond donors (Lipinski definition) is 3.